The molecule has 0 aliphatic heterocycles. The first kappa shape index (κ1) is 17.6. The van der Waals surface area contributed by atoms with Crippen LogP contribution in [0.2, 0.25) is 5.02 Å². The second-order valence-electron chi connectivity index (χ2n) is 5.54. The van der Waals surface area contributed by atoms with Crippen molar-refractivity contribution in [3.05, 3.63) is 59.1 Å². The van der Waals surface area contributed by atoms with Gasteiger partial charge in [0.2, 0.25) is 5.88 Å². The van der Waals surface area contributed by atoms with Crippen molar-refractivity contribution in [3.63, 3.8) is 0 Å². The molecule has 7 nitrogen and oxygen atoms in total. The molecular weight excluding hydrogens is 356 g/mol. The minimum absolute atomic E-state index is 0.132. The van der Waals surface area contributed by atoms with Crippen LogP contribution in [0.4, 0.5) is 5.69 Å². The van der Waals surface area contributed by atoms with Gasteiger partial charge in [-0.05, 0) is 30.3 Å². The SMILES string of the molecule is Cn1c(O)c(N=NC(=O)CNC(=O)c2ccccc2)c2cc(Cl)ccc21. The molecule has 3 rings (SSSR count). The average Bonchev–Trinajstić information content (AvgIpc) is 2.88. The van der Waals surface area contributed by atoms with Gasteiger partial charge < -0.3 is 15.0 Å². The molecule has 0 fully saturated rings. The number of carbonyl (C=O) groups excluding carboxylic acids is 2. The van der Waals surface area contributed by atoms with Gasteiger partial charge in [-0.2, -0.15) is 0 Å². The first-order valence-corrected chi connectivity index (χ1v) is 8.10. The minimum Gasteiger partial charge on any atom is -0.493 e. The molecule has 2 amide bonds. The van der Waals surface area contributed by atoms with Crippen molar-refractivity contribution in [2.24, 2.45) is 17.3 Å². The van der Waals surface area contributed by atoms with E-state index in [0.29, 0.717) is 21.5 Å². The van der Waals surface area contributed by atoms with Crippen molar-refractivity contribution in [1.29, 1.82) is 0 Å². The molecule has 1 heterocycles. The lowest BCUT2D eigenvalue weighted by Gasteiger charge is -2.01. The molecule has 8 heteroatoms. The van der Waals surface area contributed by atoms with E-state index >= 15 is 0 Å². The Bertz CT molecular complexity index is 1010. The molecule has 0 atom stereocenters. The highest BCUT2D eigenvalue weighted by Crippen LogP contribution is 2.39. The van der Waals surface area contributed by atoms with E-state index < -0.39 is 5.91 Å². The summed E-state index contributed by atoms with van der Waals surface area (Å²) in [6.07, 6.45) is 0. The summed E-state index contributed by atoms with van der Waals surface area (Å²) in [6, 6.07) is 13.6. The number of aryl methyl sites for hydroxylation is 1. The molecule has 1 aromatic heterocycles. The first-order chi connectivity index (χ1) is 12.5. The number of aromatic hydroxyl groups is 1. The maximum Gasteiger partial charge on any atom is 0.283 e. The summed E-state index contributed by atoms with van der Waals surface area (Å²) in [5.74, 6) is -1.16. The molecule has 3 aromatic rings. The van der Waals surface area contributed by atoms with Gasteiger partial charge in [0.1, 0.15) is 6.54 Å². The number of nitrogens with zero attached hydrogens (tertiary/aromatic N) is 3. The van der Waals surface area contributed by atoms with Gasteiger partial charge >= 0.3 is 0 Å². The van der Waals surface area contributed by atoms with E-state index in [2.05, 4.69) is 15.5 Å². The summed E-state index contributed by atoms with van der Waals surface area (Å²) in [4.78, 5) is 23.8. The fourth-order valence-corrected chi connectivity index (χ4v) is 2.64. The van der Waals surface area contributed by atoms with Gasteiger partial charge in [0.25, 0.3) is 11.8 Å². The Hall–Kier alpha value is -3.19. The third-order valence-electron chi connectivity index (χ3n) is 3.80. The Morgan fingerprint density at radius 3 is 2.65 bits per heavy atom. The number of amides is 2. The van der Waals surface area contributed by atoms with Crippen LogP contribution in [-0.4, -0.2) is 28.0 Å². The number of rotatable bonds is 4. The minimum atomic E-state index is -0.646. The molecule has 0 radical (unpaired) electrons. The maximum absolute atomic E-state index is 11.9. The normalized spacial score (nSPS) is 11.2. The van der Waals surface area contributed by atoms with Crippen LogP contribution in [0.5, 0.6) is 5.88 Å². The topological polar surface area (TPSA) is 96.0 Å². The monoisotopic (exact) mass is 370 g/mol. The lowest BCUT2D eigenvalue weighted by Crippen LogP contribution is -2.28. The van der Waals surface area contributed by atoms with E-state index in [1.165, 1.54) is 4.57 Å². The highest BCUT2D eigenvalue weighted by atomic mass is 35.5. The molecule has 0 aliphatic rings. The quantitative estimate of drug-likeness (QED) is 0.687. The second kappa shape index (κ2) is 7.37. The number of hydrogen-bond acceptors (Lipinski definition) is 4. The number of carbonyl (C=O) groups is 2. The summed E-state index contributed by atoms with van der Waals surface area (Å²) in [7, 11) is 1.66. The van der Waals surface area contributed by atoms with E-state index in [0.717, 1.165) is 0 Å². The number of halogens is 1. The van der Waals surface area contributed by atoms with Crippen LogP contribution in [0.15, 0.2) is 58.8 Å². The molecular formula is C18H15ClN4O3. The molecule has 26 heavy (non-hydrogen) atoms. The molecule has 0 aliphatic carbocycles. The van der Waals surface area contributed by atoms with E-state index in [1.54, 1.807) is 55.6 Å². The molecule has 0 spiro atoms. The molecule has 0 saturated carbocycles. The van der Waals surface area contributed by atoms with Gasteiger partial charge in [-0.15, -0.1) is 10.2 Å². The summed E-state index contributed by atoms with van der Waals surface area (Å²) in [5.41, 5.74) is 1.29. The number of benzene rings is 2. The lowest BCUT2D eigenvalue weighted by molar-refractivity contribution is -0.117. The Labute approximate surface area is 153 Å². The molecule has 132 valence electrons. The molecule has 0 bridgehead atoms. The van der Waals surface area contributed by atoms with Crippen molar-refractivity contribution in [1.82, 2.24) is 9.88 Å². The van der Waals surface area contributed by atoms with Crippen molar-refractivity contribution >= 4 is 40.0 Å². The van der Waals surface area contributed by atoms with Gasteiger partial charge in [0, 0.05) is 23.0 Å². The third-order valence-corrected chi connectivity index (χ3v) is 4.04. The standard InChI is InChI=1S/C18H15ClN4O3/c1-23-14-8-7-12(19)9-13(14)16(18(23)26)22-21-15(24)10-20-17(25)11-5-3-2-4-6-11/h2-9,26H,10H2,1H3,(H,20,25). The molecule has 2 N–H and O–H groups in total. The summed E-state index contributed by atoms with van der Waals surface area (Å²) < 4.78 is 1.52. The highest BCUT2D eigenvalue weighted by molar-refractivity contribution is 6.31. The number of azo groups is 1. The summed E-state index contributed by atoms with van der Waals surface area (Å²) in [6.45, 7) is -0.302. The van der Waals surface area contributed by atoms with Gasteiger partial charge in [0.15, 0.2) is 5.69 Å². The van der Waals surface area contributed by atoms with Gasteiger partial charge in [-0.1, -0.05) is 29.8 Å². The predicted octanol–water partition coefficient (Wildman–Crippen LogP) is 3.58. The Kier molecular flexibility index (Phi) is 4.99. The molecule has 0 saturated heterocycles. The van der Waals surface area contributed by atoms with Crippen LogP contribution >= 0.6 is 11.6 Å². The van der Waals surface area contributed by atoms with Crippen LogP contribution in [0, 0.1) is 0 Å². The average molecular weight is 371 g/mol. The van der Waals surface area contributed by atoms with Gasteiger partial charge in [-0.3, -0.25) is 9.59 Å². The van der Waals surface area contributed by atoms with Crippen molar-refractivity contribution in [2.75, 3.05) is 6.54 Å². The van der Waals surface area contributed by atoms with Crippen molar-refractivity contribution < 1.29 is 14.7 Å². The zero-order valence-corrected chi connectivity index (χ0v) is 14.6. The third kappa shape index (κ3) is 3.57. The second-order valence-corrected chi connectivity index (χ2v) is 5.97. The van der Waals surface area contributed by atoms with Crippen molar-refractivity contribution in [2.45, 2.75) is 0 Å². The maximum atomic E-state index is 11.9. The Balaban J connectivity index is 1.73. The number of nitrogens with one attached hydrogen (secondary N) is 1. The van der Waals surface area contributed by atoms with E-state index in [4.69, 9.17) is 11.6 Å². The zero-order chi connectivity index (χ0) is 18.7. The van der Waals surface area contributed by atoms with Crippen LogP contribution < -0.4 is 5.32 Å². The van der Waals surface area contributed by atoms with Crippen LogP contribution in [-0.2, 0) is 11.8 Å². The van der Waals surface area contributed by atoms with Crippen LogP contribution in [0.25, 0.3) is 10.9 Å². The largest absolute Gasteiger partial charge is 0.493 e. The Morgan fingerprint density at radius 2 is 1.92 bits per heavy atom. The van der Waals surface area contributed by atoms with E-state index in [9.17, 15) is 14.7 Å². The number of aromatic nitrogens is 1. The van der Waals surface area contributed by atoms with Crippen LogP contribution in [0.3, 0.4) is 0 Å². The van der Waals surface area contributed by atoms with Crippen molar-refractivity contribution in [3.8, 4) is 5.88 Å². The zero-order valence-electron chi connectivity index (χ0n) is 13.8. The smallest absolute Gasteiger partial charge is 0.283 e. The predicted molar refractivity (Wildman–Crippen MR) is 97.9 cm³/mol. The van der Waals surface area contributed by atoms with E-state index in [-0.39, 0.29) is 24.0 Å². The fraction of sp³-hybridized carbons (Fsp3) is 0.111. The fourth-order valence-electron chi connectivity index (χ4n) is 2.47. The Morgan fingerprint density at radius 1 is 1.19 bits per heavy atom. The number of hydrogen-bond donors (Lipinski definition) is 2. The lowest BCUT2D eigenvalue weighted by atomic mass is 10.2. The van der Waals surface area contributed by atoms with Crippen LogP contribution in [0.1, 0.15) is 10.4 Å². The number of fused-ring (bicyclic) bond motifs is 1. The first-order valence-electron chi connectivity index (χ1n) is 7.72. The summed E-state index contributed by atoms with van der Waals surface area (Å²) >= 11 is 5.98. The molecule has 2 aromatic carbocycles. The van der Waals surface area contributed by atoms with Gasteiger partial charge in [0.05, 0.1) is 5.52 Å². The highest BCUT2D eigenvalue weighted by Gasteiger charge is 2.15. The summed E-state index contributed by atoms with van der Waals surface area (Å²) in [5, 5.41) is 21.1. The molecule has 0 unspecified atom stereocenters. The van der Waals surface area contributed by atoms with E-state index in [1.807, 2.05) is 0 Å². The van der Waals surface area contributed by atoms with Gasteiger partial charge in [-0.25, -0.2) is 0 Å².